The Labute approximate surface area is 138 Å². The fourth-order valence-corrected chi connectivity index (χ4v) is 3.42. The van der Waals surface area contributed by atoms with Gasteiger partial charge in [0.1, 0.15) is 0 Å². The van der Waals surface area contributed by atoms with Crippen molar-refractivity contribution in [2.24, 2.45) is 5.92 Å². The fourth-order valence-electron chi connectivity index (χ4n) is 1.75. The first kappa shape index (κ1) is 21.0. The lowest BCUT2D eigenvalue weighted by molar-refractivity contribution is 0.0632. The quantitative estimate of drug-likeness (QED) is 0.562. The summed E-state index contributed by atoms with van der Waals surface area (Å²) in [5.41, 5.74) is 0. The maximum absolute atomic E-state index is 10.3. The predicted molar refractivity (Wildman–Crippen MR) is 98.4 cm³/mol. The summed E-state index contributed by atoms with van der Waals surface area (Å²) in [6.07, 6.45) is 0.841. The monoisotopic (exact) mass is 333 g/mol. The molecule has 0 saturated heterocycles. The van der Waals surface area contributed by atoms with Crippen molar-refractivity contribution in [2.75, 3.05) is 14.1 Å². The number of hydrogen-bond acceptors (Lipinski definition) is 3. The summed E-state index contributed by atoms with van der Waals surface area (Å²) in [6, 6.07) is 0. The lowest BCUT2D eigenvalue weighted by atomic mass is 9.99. The average molecular weight is 334 g/mol. The van der Waals surface area contributed by atoms with E-state index >= 15 is 0 Å². The molecule has 21 heavy (non-hydrogen) atoms. The van der Waals surface area contributed by atoms with Gasteiger partial charge in [0.25, 0.3) is 0 Å². The van der Waals surface area contributed by atoms with Crippen molar-refractivity contribution in [3.8, 4) is 0 Å². The standard InChI is InChI=1S/C16H35NO2SSi/c1-12(2)14(19-21(8,9)16(3,4)5)10-13(18)11-15(20)17(6)7/h12-14,18H,10-11H2,1-9H3/t13-,14+/m0/s1. The SMILES string of the molecule is CC(C)[C@@H](C[C@H](O)CC(=S)N(C)C)O[Si](C)(C)C(C)(C)C. The lowest BCUT2D eigenvalue weighted by Gasteiger charge is -2.41. The third-order valence-electron chi connectivity index (χ3n) is 4.41. The maximum Gasteiger partial charge on any atom is 0.192 e. The number of rotatable bonds is 7. The molecule has 0 aromatic rings. The van der Waals surface area contributed by atoms with E-state index in [2.05, 4.69) is 47.7 Å². The summed E-state index contributed by atoms with van der Waals surface area (Å²) in [4.78, 5) is 2.68. The molecule has 0 fully saturated rings. The van der Waals surface area contributed by atoms with Gasteiger partial charge in [0.15, 0.2) is 8.32 Å². The molecular weight excluding hydrogens is 298 g/mol. The molecule has 0 spiro atoms. The van der Waals surface area contributed by atoms with Crippen molar-refractivity contribution in [1.29, 1.82) is 0 Å². The van der Waals surface area contributed by atoms with Crippen LogP contribution in [0.1, 0.15) is 47.5 Å². The van der Waals surface area contributed by atoms with Crippen LogP contribution in [0.25, 0.3) is 0 Å². The highest BCUT2D eigenvalue weighted by Gasteiger charge is 2.40. The molecule has 0 heterocycles. The summed E-state index contributed by atoms with van der Waals surface area (Å²) in [7, 11) is 2.02. The highest BCUT2D eigenvalue weighted by molar-refractivity contribution is 7.80. The summed E-state index contributed by atoms with van der Waals surface area (Å²) < 4.78 is 6.50. The molecule has 0 unspecified atom stereocenters. The molecule has 0 saturated carbocycles. The van der Waals surface area contributed by atoms with Gasteiger partial charge in [-0.25, -0.2) is 0 Å². The van der Waals surface area contributed by atoms with E-state index in [4.69, 9.17) is 16.6 Å². The van der Waals surface area contributed by atoms with Crippen LogP contribution in [-0.4, -0.2) is 49.6 Å². The summed E-state index contributed by atoms with van der Waals surface area (Å²) in [6.45, 7) is 15.6. The first-order valence-corrected chi connectivity index (χ1v) is 11.2. The van der Waals surface area contributed by atoms with Crippen LogP contribution in [0.5, 0.6) is 0 Å². The fraction of sp³-hybridized carbons (Fsp3) is 0.938. The van der Waals surface area contributed by atoms with Crippen molar-refractivity contribution < 1.29 is 9.53 Å². The Kier molecular flexibility index (Phi) is 8.05. The maximum atomic E-state index is 10.3. The zero-order valence-electron chi connectivity index (χ0n) is 15.4. The number of nitrogens with zero attached hydrogens (tertiary/aromatic N) is 1. The van der Waals surface area contributed by atoms with Crippen LogP contribution in [-0.2, 0) is 4.43 Å². The van der Waals surface area contributed by atoms with Gasteiger partial charge in [-0.05, 0) is 30.5 Å². The molecule has 0 aromatic heterocycles. The Balaban J connectivity index is 4.75. The van der Waals surface area contributed by atoms with Gasteiger partial charge in [-0.15, -0.1) is 0 Å². The minimum Gasteiger partial charge on any atom is -0.414 e. The van der Waals surface area contributed by atoms with E-state index < -0.39 is 14.4 Å². The topological polar surface area (TPSA) is 32.7 Å². The van der Waals surface area contributed by atoms with Crippen LogP contribution in [0.15, 0.2) is 0 Å². The molecule has 0 aliphatic rings. The van der Waals surface area contributed by atoms with Crippen LogP contribution in [0, 0.1) is 5.92 Å². The van der Waals surface area contributed by atoms with Crippen molar-refractivity contribution >= 4 is 25.5 Å². The summed E-state index contributed by atoms with van der Waals surface area (Å²) in [5.74, 6) is 0.390. The second kappa shape index (κ2) is 8.04. The van der Waals surface area contributed by atoms with E-state index in [1.54, 1.807) is 0 Å². The number of hydrogen-bond donors (Lipinski definition) is 1. The van der Waals surface area contributed by atoms with Crippen molar-refractivity contribution in [1.82, 2.24) is 4.90 Å². The van der Waals surface area contributed by atoms with Crippen LogP contribution in [0.2, 0.25) is 18.1 Å². The van der Waals surface area contributed by atoms with Crippen molar-refractivity contribution in [3.63, 3.8) is 0 Å². The molecule has 5 heteroatoms. The van der Waals surface area contributed by atoms with Crippen LogP contribution in [0.4, 0.5) is 0 Å². The normalized spacial score (nSPS) is 16.0. The largest absolute Gasteiger partial charge is 0.414 e. The van der Waals surface area contributed by atoms with Gasteiger partial charge in [-0.2, -0.15) is 0 Å². The molecule has 0 radical (unpaired) electrons. The van der Waals surface area contributed by atoms with Gasteiger partial charge in [-0.1, -0.05) is 46.8 Å². The molecule has 0 aliphatic carbocycles. The van der Waals surface area contributed by atoms with E-state index in [1.807, 2.05) is 19.0 Å². The molecule has 0 aromatic carbocycles. The zero-order valence-corrected chi connectivity index (χ0v) is 17.2. The third-order valence-corrected chi connectivity index (χ3v) is 9.45. The van der Waals surface area contributed by atoms with E-state index in [1.165, 1.54) is 0 Å². The molecule has 0 amide bonds. The molecule has 1 N–H and O–H groups in total. The predicted octanol–water partition coefficient (Wildman–Crippen LogP) is 4.06. The Morgan fingerprint density at radius 2 is 1.71 bits per heavy atom. The van der Waals surface area contributed by atoms with E-state index in [0.717, 1.165) is 4.99 Å². The highest BCUT2D eigenvalue weighted by Crippen LogP contribution is 2.38. The van der Waals surface area contributed by atoms with Gasteiger partial charge < -0.3 is 14.4 Å². The van der Waals surface area contributed by atoms with Crippen molar-refractivity contribution in [2.45, 2.75) is 77.8 Å². The molecule has 0 aliphatic heterocycles. The first-order valence-electron chi connectivity index (χ1n) is 7.84. The zero-order chi connectivity index (χ0) is 17.0. The highest BCUT2D eigenvalue weighted by atomic mass is 32.1. The molecule has 0 rings (SSSR count). The van der Waals surface area contributed by atoms with Crippen molar-refractivity contribution in [3.05, 3.63) is 0 Å². The van der Waals surface area contributed by atoms with Gasteiger partial charge in [0.05, 0.1) is 11.1 Å². The number of aliphatic hydroxyl groups is 1. The number of aliphatic hydroxyl groups excluding tert-OH is 1. The van der Waals surface area contributed by atoms with Gasteiger partial charge >= 0.3 is 0 Å². The minimum atomic E-state index is -1.81. The molecule has 3 nitrogen and oxygen atoms in total. The third kappa shape index (κ3) is 7.22. The Hall–Kier alpha value is 0.0269. The smallest absolute Gasteiger partial charge is 0.192 e. The first-order chi connectivity index (χ1) is 9.28. The molecule has 2 atom stereocenters. The molecule has 126 valence electrons. The van der Waals surface area contributed by atoms with E-state index in [0.29, 0.717) is 18.8 Å². The summed E-state index contributed by atoms with van der Waals surface area (Å²) in [5, 5.41) is 10.5. The molecule has 0 bridgehead atoms. The van der Waals surface area contributed by atoms with E-state index in [-0.39, 0.29) is 11.1 Å². The second-order valence-corrected chi connectivity index (χ2v) is 13.3. The van der Waals surface area contributed by atoms with Gasteiger partial charge in [0, 0.05) is 26.6 Å². The van der Waals surface area contributed by atoms with Gasteiger partial charge in [0.2, 0.25) is 0 Å². The number of thiocarbonyl (C=S) groups is 1. The van der Waals surface area contributed by atoms with E-state index in [9.17, 15) is 5.11 Å². The second-order valence-electron chi connectivity index (χ2n) is 8.04. The average Bonchev–Trinajstić information content (AvgIpc) is 2.25. The van der Waals surface area contributed by atoms with Crippen LogP contribution >= 0.6 is 12.2 Å². The lowest BCUT2D eigenvalue weighted by Crippen LogP contribution is -2.46. The Bertz CT molecular complexity index is 338. The summed E-state index contributed by atoms with van der Waals surface area (Å²) >= 11 is 5.28. The van der Waals surface area contributed by atoms with Gasteiger partial charge in [-0.3, -0.25) is 0 Å². The Morgan fingerprint density at radius 3 is 2.05 bits per heavy atom. The minimum absolute atomic E-state index is 0.0888. The van der Waals surface area contributed by atoms with Crippen LogP contribution in [0.3, 0.4) is 0 Å². The molecular formula is C16H35NO2SSi. The Morgan fingerprint density at radius 1 is 1.24 bits per heavy atom. The van der Waals surface area contributed by atoms with Crippen LogP contribution < -0.4 is 0 Å².